The maximum absolute atomic E-state index is 13.6. The number of ether oxygens (including phenoxy) is 1. The SMILES string of the molecule is CCOP(=O)(CC)C(CNC1(C)C=CON1)c1cc(C)c(O)c(OC)c1. The molecule has 0 spiro atoms. The van der Waals surface area contributed by atoms with Crippen LogP contribution in [0.4, 0.5) is 0 Å². The second-order valence-corrected chi connectivity index (χ2v) is 9.44. The first-order valence-corrected chi connectivity index (χ1v) is 10.6. The lowest BCUT2D eigenvalue weighted by atomic mass is 10.1. The summed E-state index contributed by atoms with van der Waals surface area (Å²) in [5.41, 5.74) is 3.38. The summed E-state index contributed by atoms with van der Waals surface area (Å²) < 4.78 is 24.6. The molecule has 1 heterocycles. The fourth-order valence-electron chi connectivity index (χ4n) is 2.99. The number of methoxy groups -OCH3 is 1. The molecule has 0 amide bonds. The van der Waals surface area contributed by atoms with E-state index >= 15 is 0 Å². The van der Waals surface area contributed by atoms with Crippen LogP contribution in [0.5, 0.6) is 11.5 Å². The Bertz CT molecular complexity index is 709. The summed E-state index contributed by atoms with van der Waals surface area (Å²) in [7, 11) is -1.48. The van der Waals surface area contributed by atoms with Gasteiger partial charge in [-0.2, -0.15) is 0 Å². The zero-order chi connectivity index (χ0) is 19.4. The number of aromatic hydroxyl groups is 1. The number of benzene rings is 1. The quantitative estimate of drug-likeness (QED) is 0.562. The van der Waals surface area contributed by atoms with Crippen molar-refractivity contribution in [3.05, 3.63) is 35.6 Å². The van der Waals surface area contributed by atoms with Crippen LogP contribution in [-0.4, -0.2) is 37.2 Å². The number of hydrogen-bond acceptors (Lipinski definition) is 7. The minimum absolute atomic E-state index is 0.0893. The third-order valence-corrected chi connectivity index (χ3v) is 7.57. The molecule has 1 aliphatic heterocycles. The van der Waals surface area contributed by atoms with Crippen molar-refractivity contribution >= 4 is 7.37 Å². The van der Waals surface area contributed by atoms with Gasteiger partial charge in [0.2, 0.25) is 7.37 Å². The van der Waals surface area contributed by atoms with Gasteiger partial charge >= 0.3 is 0 Å². The standard InChI is InChI=1S/C18H29N2O5P/c1-6-25-26(22,7-2)16(12-19-18(4)8-9-24-20-18)14-10-13(3)17(21)15(11-14)23-5/h8-11,16,19-21H,6-7,12H2,1-5H3. The molecule has 146 valence electrons. The summed E-state index contributed by atoms with van der Waals surface area (Å²) in [6.07, 6.45) is 3.83. The molecule has 1 aromatic carbocycles. The van der Waals surface area contributed by atoms with Gasteiger partial charge in [-0.3, -0.25) is 9.88 Å². The predicted octanol–water partition coefficient (Wildman–Crippen LogP) is 3.44. The third kappa shape index (κ3) is 4.41. The second-order valence-electron chi connectivity index (χ2n) is 6.47. The van der Waals surface area contributed by atoms with Gasteiger partial charge in [0.25, 0.3) is 0 Å². The van der Waals surface area contributed by atoms with E-state index in [4.69, 9.17) is 14.1 Å². The van der Waals surface area contributed by atoms with Crippen LogP contribution in [0.1, 0.15) is 37.6 Å². The van der Waals surface area contributed by atoms with Crippen LogP contribution in [0.15, 0.2) is 24.5 Å². The fraction of sp³-hybridized carbons (Fsp3) is 0.556. The minimum atomic E-state index is -2.98. The number of phenols is 1. The molecule has 0 radical (unpaired) electrons. The average molecular weight is 384 g/mol. The minimum Gasteiger partial charge on any atom is -0.504 e. The molecule has 8 heteroatoms. The molecule has 2 rings (SSSR count). The molecular weight excluding hydrogens is 355 g/mol. The maximum atomic E-state index is 13.6. The van der Waals surface area contributed by atoms with E-state index < -0.39 is 18.7 Å². The number of hydrogen-bond donors (Lipinski definition) is 3. The van der Waals surface area contributed by atoms with Crippen LogP contribution in [0.3, 0.4) is 0 Å². The molecule has 0 fully saturated rings. The highest BCUT2D eigenvalue weighted by Gasteiger charge is 2.36. The summed E-state index contributed by atoms with van der Waals surface area (Å²) in [4.78, 5) is 5.08. The Kier molecular flexibility index (Phi) is 6.74. The summed E-state index contributed by atoms with van der Waals surface area (Å²) >= 11 is 0. The van der Waals surface area contributed by atoms with Crippen LogP contribution in [0.25, 0.3) is 0 Å². The van der Waals surface area contributed by atoms with Crippen molar-refractivity contribution in [3.63, 3.8) is 0 Å². The first-order valence-electron chi connectivity index (χ1n) is 8.75. The van der Waals surface area contributed by atoms with E-state index in [9.17, 15) is 9.67 Å². The number of phenolic OH excluding ortho intramolecular Hbond substituents is 1. The Morgan fingerprint density at radius 1 is 1.42 bits per heavy atom. The molecular formula is C18H29N2O5P. The zero-order valence-electron chi connectivity index (χ0n) is 16.0. The third-order valence-electron chi connectivity index (χ3n) is 4.56. The molecule has 0 bridgehead atoms. The molecule has 7 nitrogen and oxygen atoms in total. The van der Waals surface area contributed by atoms with Gasteiger partial charge in [-0.15, -0.1) is 5.48 Å². The van der Waals surface area contributed by atoms with Crippen molar-refractivity contribution < 1.29 is 23.8 Å². The summed E-state index contributed by atoms with van der Waals surface area (Å²) in [5, 5.41) is 13.5. The van der Waals surface area contributed by atoms with Gasteiger partial charge < -0.3 is 19.2 Å². The Morgan fingerprint density at radius 2 is 2.15 bits per heavy atom. The van der Waals surface area contributed by atoms with E-state index in [2.05, 4.69) is 10.8 Å². The average Bonchev–Trinajstić information content (AvgIpc) is 3.04. The van der Waals surface area contributed by atoms with Crippen LogP contribution in [0, 0.1) is 6.92 Å². The lowest BCUT2D eigenvalue weighted by Gasteiger charge is -2.31. The molecule has 3 N–H and O–H groups in total. The van der Waals surface area contributed by atoms with E-state index in [0.717, 1.165) is 5.56 Å². The summed E-state index contributed by atoms with van der Waals surface area (Å²) in [6.45, 7) is 8.19. The normalized spacial score (nSPS) is 22.7. The highest BCUT2D eigenvalue weighted by atomic mass is 31.2. The van der Waals surface area contributed by atoms with Crippen molar-refractivity contribution in [1.29, 1.82) is 0 Å². The van der Waals surface area contributed by atoms with Gasteiger partial charge in [-0.1, -0.05) is 13.0 Å². The highest BCUT2D eigenvalue weighted by Crippen LogP contribution is 2.60. The summed E-state index contributed by atoms with van der Waals surface area (Å²) in [6, 6.07) is 3.56. The highest BCUT2D eigenvalue weighted by molar-refractivity contribution is 7.59. The van der Waals surface area contributed by atoms with Crippen molar-refractivity contribution in [2.75, 3.05) is 26.4 Å². The van der Waals surface area contributed by atoms with E-state index in [0.29, 0.717) is 30.6 Å². The smallest absolute Gasteiger partial charge is 0.211 e. The van der Waals surface area contributed by atoms with Gasteiger partial charge in [0.15, 0.2) is 11.5 Å². The predicted molar refractivity (Wildman–Crippen MR) is 102 cm³/mol. The van der Waals surface area contributed by atoms with Crippen LogP contribution in [-0.2, 0) is 13.9 Å². The van der Waals surface area contributed by atoms with Crippen molar-refractivity contribution in [2.24, 2.45) is 0 Å². The molecule has 1 aromatic rings. The Morgan fingerprint density at radius 3 is 2.69 bits per heavy atom. The lowest BCUT2D eigenvalue weighted by molar-refractivity contribution is 0.0898. The molecule has 3 unspecified atom stereocenters. The molecule has 0 aliphatic carbocycles. The van der Waals surface area contributed by atoms with Gasteiger partial charge in [0.05, 0.1) is 19.4 Å². The fourth-order valence-corrected chi connectivity index (χ4v) is 5.20. The Hall–Kier alpha value is -1.53. The first kappa shape index (κ1) is 20.8. The first-order chi connectivity index (χ1) is 12.3. The van der Waals surface area contributed by atoms with Crippen molar-refractivity contribution in [3.8, 4) is 11.5 Å². The second kappa shape index (κ2) is 8.44. The topological polar surface area (TPSA) is 89.1 Å². The number of aryl methyl sites for hydroxylation is 1. The van der Waals surface area contributed by atoms with Crippen molar-refractivity contribution in [1.82, 2.24) is 10.8 Å². The molecule has 1 aliphatic rings. The zero-order valence-corrected chi connectivity index (χ0v) is 16.9. The van der Waals surface area contributed by atoms with Gasteiger partial charge in [0.1, 0.15) is 11.9 Å². The van der Waals surface area contributed by atoms with Gasteiger partial charge in [-0.25, -0.2) is 0 Å². The molecule has 3 atom stereocenters. The van der Waals surface area contributed by atoms with Crippen molar-refractivity contribution in [2.45, 2.75) is 39.0 Å². The molecule has 0 saturated heterocycles. The monoisotopic (exact) mass is 384 g/mol. The van der Waals surface area contributed by atoms with E-state index in [1.165, 1.54) is 7.11 Å². The van der Waals surface area contributed by atoms with Gasteiger partial charge in [0, 0.05) is 12.7 Å². The molecule has 0 saturated carbocycles. The largest absolute Gasteiger partial charge is 0.504 e. The van der Waals surface area contributed by atoms with Crippen LogP contribution < -0.4 is 15.5 Å². The molecule has 26 heavy (non-hydrogen) atoms. The van der Waals surface area contributed by atoms with Gasteiger partial charge in [-0.05, 0) is 44.0 Å². The van der Waals surface area contributed by atoms with E-state index in [-0.39, 0.29) is 5.75 Å². The Labute approximate surface area is 155 Å². The number of hydroxylamine groups is 1. The molecule has 0 aromatic heterocycles. The number of rotatable bonds is 9. The lowest BCUT2D eigenvalue weighted by Crippen LogP contribution is -2.51. The van der Waals surface area contributed by atoms with Crippen LogP contribution >= 0.6 is 7.37 Å². The van der Waals surface area contributed by atoms with E-state index in [1.54, 1.807) is 19.3 Å². The number of nitrogens with one attached hydrogen (secondary N) is 2. The van der Waals surface area contributed by atoms with Crippen LogP contribution in [0.2, 0.25) is 0 Å². The summed E-state index contributed by atoms with van der Waals surface area (Å²) in [5.74, 6) is 0.448. The Balaban J connectivity index is 2.41. The van der Waals surface area contributed by atoms with E-state index in [1.807, 2.05) is 32.9 Å². The maximum Gasteiger partial charge on any atom is 0.211 e.